The SMILES string of the molecule is Cc1ccc(C)c(C(=O)c2ccc(CCN)cc2)c1. The van der Waals surface area contributed by atoms with Crippen LogP contribution in [0.4, 0.5) is 0 Å². The fraction of sp³-hybridized carbons (Fsp3) is 0.235. The second-order valence-corrected chi connectivity index (χ2v) is 4.88. The van der Waals surface area contributed by atoms with E-state index in [1.165, 1.54) is 5.56 Å². The molecule has 0 saturated heterocycles. The largest absolute Gasteiger partial charge is 0.330 e. The Labute approximate surface area is 114 Å². The fourth-order valence-corrected chi connectivity index (χ4v) is 2.13. The predicted molar refractivity (Wildman–Crippen MR) is 78.5 cm³/mol. The lowest BCUT2D eigenvalue weighted by atomic mass is 9.96. The summed E-state index contributed by atoms with van der Waals surface area (Å²) in [5.41, 5.74) is 10.3. The van der Waals surface area contributed by atoms with E-state index >= 15 is 0 Å². The number of hydrogen-bond acceptors (Lipinski definition) is 2. The highest BCUT2D eigenvalue weighted by Gasteiger charge is 2.11. The Morgan fingerprint density at radius 1 is 1.05 bits per heavy atom. The van der Waals surface area contributed by atoms with Gasteiger partial charge in [-0.15, -0.1) is 0 Å². The maximum Gasteiger partial charge on any atom is 0.193 e. The van der Waals surface area contributed by atoms with E-state index in [-0.39, 0.29) is 5.78 Å². The lowest BCUT2D eigenvalue weighted by Gasteiger charge is -2.07. The molecule has 0 aliphatic heterocycles. The van der Waals surface area contributed by atoms with Crippen LogP contribution in [0.1, 0.15) is 32.6 Å². The predicted octanol–water partition coefficient (Wildman–Crippen LogP) is 3.04. The van der Waals surface area contributed by atoms with Gasteiger partial charge in [0.15, 0.2) is 5.78 Å². The van der Waals surface area contributed by atoms with Crippen LogP contribution >= 0.6 is 0 Å². The molecule has 0 aliphatic carbocycles. The zero-order valence-electron chi connectivity index (χ0n) is 11.4. The van der Waals surface area contributed by atoms with Crippen molar-refractivity contribution in [2.24, 2.45) is 5.73 Å². The minimum Gasteiger partial charge on any atom is -0.330 e. The molecule has 2 aromatic rings. The zero-order valence-corrected chi connectivity index (χ0v) is 11.4. The molecule has 19 heavy (non-hydrogen) atoms. The molecule has 0 aliphatic rings. The number of aryl methyl sites for hydroxylation is 2. The van der Waals surface area contributed by atoms with Gasteiger partial charge in [0.05, 0.1) is 0 Å². The van der Waals surface area contributed by atoms with Crippen molar-refractivity contribution in [1.82, 2.24) is 0 Å². The Kier molecular flexibility index (Phi) is 4.13. The van der Waals surface area contributed by atoms with Crippen LogP contribution in [0, 0.1) is 13.8 Å². The number of carbonyl (C=O) groups excluding carboxylic acids is 1. The van der Waals surface area contributed by atoms with E-state index in [1.54, 1.807) is 0 Å². The van der Waals surface area contributed by atoms with Crippen LogP contribution in [0.2, 0.25) is 0 Å². The summed E-state index contributed by atoms with van der Waals surface area (Å²) in [7, 11) is 0. The van der Waals surface area contributed by atoms with Crippen molar-refractivity contribution < 1.29 is 4.79 Å². The van der Waals surface area contributed by atoms with Gasteiger partial charge < -0.3 is 5.73 Å². The van der Waals surface area contributed by atoms with Gasteiger partial charge >= 0.3 is 0 Å². The van der Waals surface area contributed by atoms with E-state index in [2.05, 4.69) is 0 Å². The molecule has 0 amide bonds. The summed E-state index contributed by atoms with van der Waals surface area (Å²) in [6, 6.07) is 13.7. The van der Waals surface area contributed by atoms with Gasteiger partial charge in [0.1, 0.15) is 0 Å². The van der Waals surface area contributed by atoms with Crippen molar-refractivity contribution in [3.05, 3.63) is 70.3 Å². The third-order valence-corrected chi connectivity index (χ3v) is 3.29. The molecule has 0 fully saturated rings. The third-order valence-electron chi connectivity index (χ3n) is 3.29. The highest BCUT2D eigenvalue weighted by Crippen LogP contribution is 2.16. The molecule has 2 nitrogen and oxygen atoms in total. The van der Waals surface area contributed by atoms with Crippen molar-refractivity contribution >= 4 is 5.78 Å². The van der Waals surface area contributed by atoms with Crippen LogP contribution in [0.15, 0.2) is 42.5 Å². The summed E-state index contributed by atoms with van der Waals surface area (Å²) in [5, 5.41) is 0. The van der Waals surface area contributed by atoms with Gasteiger partial charge in [-0.1, -0.05) is 42.0 Å². The van der Waals surface area contributed by atoms with Crippen LogP contribution in [0.25, 0.3) is 0 Å². The standard InChI is InChI=1S/C17H19NO/c1-12-3-4-13(2)16(11-12)17(19)15-7-5-14(6-8-15)9-10-18/h3-8,11H,9-10,18H2,1-2H3. The van der Waals surface area contributed by atoms with Crippen LogP contribution in [0.5, 0.6) is 0 Å². The number of rotatable bonds is 4. The van der Waals surface area contributed by atoms with Crippen LogP contribution in [-0.4, -0.2) is 12.3 Å². The van der Waals surface area contributed by atoms with Crippen LogP contribution in [0.3, 0.4) is 0 Å². The van der Waals surface area contributed by atoms with Gasteiger partial charge in [0.2, 0.25) is 0 Å². The minimum atomic E-state index is 0.0838. The second kappa shape index (κ2) is 5.81. The molecule has 2 heteroatoms. The monoisotopic (exact) mass is 253 g/mol. The van der Waals surface area contributed by atoms with E-state index in [0.717, 1.165) is 28.7 Å². The smallest absolute Gasteiger partial charge is 0.193 e. The molecule has 2 rings (SSSR count). The molecule has 0 bridgehead atoms. The summed E-state index contributed by atoms with van der Waals surface area (Å²) in [6.45, 7) is 4.60. The van der Waals surface area contributed by atoms with Crippen molar-refractivity contribution in [2.45, 2.75) is 20.3 Å². The van der Waals surface area contributed by atoms with Crippen molar-refractivity contribution in [2.75, 3.05) is 6.54 Å². The van der Waals surface area contributed by atoms with E-state index in [4.69, 9.17) is 5.73 Å². The van der Waals surface area contributed by atoms with E-state index in [0.29, 0.717) is 6.54 Å². The Balaban J connectivity index is 2.30. The molecular weight excluding hydrogens is 234 g/mol. The molecule has 0 heterocycles. The number of nitrogens with two attached hydrogens (primary N) is 1. The minimum absolute atomic E-state index is 0.0838. The molecule has 2 aromatic carbocycles. The number of benzene rings is 2. The average molecular weight is 253 g/mol. The molecule has 0 unspecified atom stereocenters. The maximum atomic E-state index is 12.5. The van der Waals surface area contributed by atoms with Gasteiger partial charge in [-0.3, -0.25) is 4.79 Å². The summed E-state index contributed by atoms with van der Waals surface area (Å²) in [4.78, 5) is 12.5. The summed E-state index contributed by atoms with van der Waals surface area (Å²) >= 11 is 0. The number of hydrogen-bond donors (Lipinski definition) is 1. The molecule has 0 saturated carbocycles. The molecule has 98 valence electrons. The molecule has 2 N–H and O–H groups in total. The summed E-state index contributed by atoms with van der Waals surface area (Å²) in [6.07, 6.45) is 0.845. The molecular formula is C17H19NO. The summed E-state index contributed by atoms with van der Waals surface area (Å²) in [5.74, 6) is 0.0838. The van der Waals surface area contributed by atoms with Crippen LogP contribution < -0.4 is 5.73 Å². The summed E-state index contributed by atoms with van der Waals surface area (Å²) < 4.78 is 0. The average Bonchev–Trinajstić information content (AvgIpc) is 2.42. The van der Waals surface area contributed by atoms with Gasteiger partial charge in [-0.05, 0) is 44.0 Å². The quantitative estimate of drug-likeness (QED) is 0.851. The first-order valence-electron chi connectivity index (χ1n) is 6.53. The lowest BCUT2D eigenvalue weighted by Crippen LogP contribution is -2.06. The van der Waals surface area contributed by atoms with Crippen molar-refractivity contribution in [3.8, 4) is 0 Å². The second-order valence-electron chi connectivity index (χ2n) is 4.88. The first-order valence-corrected chi connectivity index (χ1v) is 6.53. The van der Waals surface area contributed by atoms with Crippen molar-refractivity contribution in [1.29, 1.82) is 0 Å². The van der Waals surface area contributed by atoms with E-state index in [9.17, 15) is 4.79 Å². The molecule has 0 aromatic heterocycles. The maximum absolute atomic E-state index is 12.5. The lowest BCUT2D eigenvalue weighted by molar-refractivity contribution is 0.103. The number of ketones is 1. The Bertz CT molecular complexity index is 585. The zero-order chi connectivity index (χ0) is 13.8. The first-order chi connectivity index (χ1) is 9.11. The van der Waals surface area contributed by atoms with E-state index in [1.807, 2.05) is 56.3 Å². The molecule has 0 atom stereocenters. The Hall–Kier alpha value is -1.93. The van der Waals surface area contributed by atoms with Gasteiger partial charge in [-0.2, -0.15) is 0 Å². The van der Waals surface area contributed by atoms with Gasteiger partial charge in [0, 0.05) is 11.1 Å². The number of carbonyl (C=O) groups is 1. The first kappa shape index (κ1) is 13.5. The highest BCUT2D eigenvalue weighted by atomic mass is 16.1. The molecule has 0 radical (unpaired) electrons. The van der Waals surface area contributed by atoms with Crippen LogP contribution in [-0.2, 0) is 6.42 Å². The molecule has 0 spiro atoms. The highest BCUT2D eigenvalue weighted by molar-refractivity contribution is 6.10. The Morgan fingerprint density at radius 2 is 1.74 bits per heavy atom. The fourth-order valence-electron chi connectivity index (χ4n) is 2.13. The van der Waals surface area contributed by atoms with Crippen molar-refractivity contribution in [3.63, 3.8) is 0 Å². The van der Waals surface area contributed by atoms with Gasteiger partial charge in [-0.25, -0.2) is 0 Å². The van der Waals surface area contributed by atoms with Gasteiger partial charge in [0.25, 0.3) is 0 Å². The topological polar surface area (TPSA) is 43.1 Å². The third kappa shape index (κ3) is 3.09. The normalized spacial score (nSPS) is 10.5. The Morgan fingerprint density at radius 3 is 2.37 bits per heavy atom. The van der Waals surface area contributed by atoms with E-state index < -0.39 is 0 Å².